The summed E-state index contributed by atoms with van der Waals surface area (Å²) in [7, 11) is 0. The SMILES string of the molecule is CCCCc1ccc2n[nH]nc2c1.[Na]. The molecule has 1 N–H and O–H groups in total. The molecule has 14 heavy (non-hydrogen) atoms. The van der Waals surface area contributed by atoms with E-state index in [9.17, 15) is 0 Å². The third kappa shape index (κ3) is 2.56. The number of nitrogens with zero attached hydrogens (tertiary/aromatic N) is 2. The van der Waals surface area contributed by atoms with Crippen molar-refractivity contribution in [1.29, 1.82) is 0 Å². The van der Waals surface area contributed by atoms with Crippen LogP contribution in [0.5, 0.6) is 0 Å². The molecule has 0 amide bonds. The molecule has 1 aromatic carbocycles. The fraction of sp³-hybridized carbons (Fsp3) is 0.400. The van der Waals surface area contributed by atoms with Crippen LogP contribution >= 0.6 is 0 Å². The Bertz CT molecular complexity index is 397. The third-order valence-corrected chi connectivity index (χ3v) is 2.20. The number of H-pyrrole nitrogens is 1. The van der Waals surface area contributed by atoms with Gasteiger partial charge in [-0.1, -0.05) is 19.4 Å². The smallest absolute Gasteiger partial charge is 0.113 e. The number of rotatable bonds is 3. The van der Waals surface area contributed by atoms with E-state index in [1.807, 2.05) is 6.07 Å². The van der Waals surface area contributed by atoms with E-state index in [0.717, 1.165) is 17.5 Å². The Balaban J connectivity index is 0.000000980. The molecule has 2 rings (SSSR count). The maximum atomic E-state index is 4.05. The number of fused-ring (bicyclic) bond motifs is 1. The molecule has 0 saturated carbocycles. The van der Waals surface area contributed by atoms with Gasteiger partial charge < -0.3 is 0 Å². The van der Waals surface area contributed by atoms with Crippen molar-refractivity contribution in [2.45, 2.75) is 26.2 Å². The van der Waals surface area contributed by atoms with Crippen molar-refractivity contribution in [1.82, 2.24) is 15.4 Å². The third-order valence-electron chi connectivity index (χ3n) is 2.20. The van der Waals surface area contributed by atoms with Gasteiger partial charge in [0.05, 0.1) is 0 Å². The van der Waals surface area contributed by atoms with Gasteiger partial charge in [-0.2, -0.15) is 15.4 Å². The second kappa shape index (κ2) is 5.49. The summed E-state index contributed by atoms with van der Waals surface area (Å²) in [6.07, 6.45) is 3.61. The van der Waals surface area contributed by atoms with Gasteiger partial charge >= 0.3 is 0 Å². The molecule has 0 atom stereocenters. The second-order valence-corrected chi connectivity index (χ2v) is 3.25. The summed E-state index contributed by atoms with van der Waals surface area (Å²) in [5.41, 5.74) is 3.26. The normalized spacial score (nSPS) is 10.1. The van der Waals surface area contributed by atoms with E-state index in [0.29, 0.717) is 0 Å². The molecule has 1 radical (unpaired) electrons. The summed E-state index contributed by atoms with van der Waals surface area (Å²) in [4.78, 5) is 0. The minimum atomic E-state index is 0. The molecular weight excluding hydrogens is 185 g/mol. The molecule has 0 spiro atoms. The van der Waals surface area contributed by atoms with Crippen LogP contribution in [-0.2, 0) is 6.42 Å². The molecule has 1 heterocycles. The van der Waals surface area contributed by atoms with Crippen LogP contribution in [0.2, 0.25) is 0 Å². The molecule has 1 aromatic heterocycles. The van der Waals surface area contributed by atoms with Crippen molar-refractivity contribution < 1.29 is 0 Å². The van der Waals surface area contributed by atoms with Gasteiger partial charge in [-0.3, -0.25) is 0 Å². The van der Waals surface area contributed by atoms with Gasteiger partial charge in [0.2, 0.25) is 0 Å². The Kier molecular flexibility index (Phi) is 4.58. The van der Waals surface area contributed by atoms with Crippen LogP contribution in [0.15, 0.2) is 18.2 Å². The van der Waals surface area contributed by atoms with Crippen LogP contribution in [0, 0.1) is 0 Å². The Morgan fingerprint density at radius 1 is 1.21 bits per heavy atom. The number of unbranched alkanes of at least 4 members (excludes halogenated alkanes) is 1. The number of aromatic amines is 1. The van der Waals surface area contributed by atoms with Gasteiger partial charge in [0.15, 0.2) is 0 Å². The standard InChI is InChI=1S/C10H13N3.Na/c1-2-3-4-8-5-6-9-10(7-8)12-13-11-9;/h5-7H,2-4H2,1H3,(H,11,12,13);. The zero-order valence-corrected chi connectivity index (χ0v) is 10.7. The summed E-state index contributed by atoms with van der Waals surface area (Å²) in [6, 6.07) is 6.25. The number of hydrogen-bond donors (Lipinski definition) is 1. The summed E-state index contributed by atoms with van der Waals surface area (Å²) >= 11 is 0. The van der Waals surface area contributed by atoms with E-state index < -0.39 is 0 Å². The quantitative estimate of drug-likeness (QED) is 0.765. The monoisotopic (exact) mass is 198 g/mol. The molecule has 0 aliphatic carbocycles. The van der Waals surface area contributed by atoms with E-state index in [4.69, 9.17) is 0 Å². The number of hydrogen-bond acceptors (Lipinski definition) is 2. The van der Waals surface area contributed by atoms with Gasteiger partial charge in [0.25, 0.3) is 0 Å². The fourth-order valence-corrected chi connectivity index (χ4v) is 1.42. The first-order chi connectivity index (χ1) is 6.40. The van der Waals surface area contributed by atoms with Gasteiger partial charge in [0.1, 0.15) is 11.0 Å². The molecule has 4 heteroatoms. The zero-order valence-electron chi connectivity index (χ0n) is 8.75. The number of benzene rings is 1. The van der Waals surface area contributed by atoms with Crippen molar-refractivity contribution >= 4 is 40.6 Å². The van der Waals surface area contributed by atoms with Crippen LogP contribution in [0.25, 0.3) is 11.0 Å². The maximum Gasteiger partial charge on any atom is 0.113 e. The topological polar surface area (TPSA) is 41.6 Å². The van der Waals surface area contributed by atoms with Crippen LogP contribution < -0.4 is 0 Å². The Morgan fingerprint density at radius 2 is 2.00 bits per heavy atom. The number of aromatic nitrogens is 3. The van der Waals surface area contributed by atoms with Gasteiger partial charge in [-0.25, -0.2) is 0 Å². The number of nitrogens with one attached hydrogen (secondary N) is 1. The minimum Gasteiger partial charge on any atom is -0.197 e. The van der Waals surface area contributed by atoms with E-state index in [-0.39, 0.29) is 29.6 Å². The van der Waals surface area contributed by atoms with Crippen LogP contribution in [-0.4, -0.2) is 45.0 Å². The average molecular weight is 198 g/mol. The van der Waals surface area contributed by atoms with Gasteiger partial charge in [-0.15, -0.1) is 0 Å². The van der Waals surface area contributed by atoms with Crippen molar-refractivity contribution in [2.24, 2.45) is 0 Å². The second-order valence-electron chi connectivity index (χ2n) is 3.25. The molecule has 0 bridgehead atoms. The summed E-state index contributed by atoms with van der Waals surface area (Å²) in [6.45, 7) is 2.20. The summed E-state index contributed by atoms with van der Waals surface area (Å²) in [5.74, 6) is 0. The Hall–Kier alpha value is -0.380. The summed E-state index contributed by atoms with van der Waals surface area (Å²) < 4.78 is 0. The fourth-order valence-electron chi connectivity index (χ4n) is 1.42. The first kappa shape index (κ1) is 11.7. The molecule has 0 unspecified atom stereocenters. The Labute approximate surface area is 106 Å². The molecule has 69 valence electrons. The van der Waals surface area contributed by atoms with E-state index in [2.05, 4.69) is 34.5 Å². The predicted molar refractivity (Wildman–Crippen MR) is 58.3 cm³/mol. The molecule has 0 fully saturated rings. The molecule has 0 aliphatic heterocycles. The van der Waals surface area contributed by atoms with Gasteiger partial charge in [0, 0.05) is 29.6 Å². The first-order valence-corrected chi connectivity index (χ1v) is 4.69. The van der Waals surface area contributed by atoms with Gasteiger partial charge in [-0.05, 0) is 30.5 Å². The Morgan fingerprint density at radius 3 is 2.79 bits per heavy atom. The van der Waals surface area contributed by atoms with Crippen molar-refractivity contribution in [3.05, 3.63) is 23.8 Å². The first-order valence-electron chi connectivity index (χ1n) is 4.69. The largest absolute Gasteiger partial charge is 0.197 e. The minimum absolute atomic E-state index is 0. The van der Waals surface area contributed by atoms with E-state index in [1.54, 1.807) is 0 Å². The van der Waals surface area contributed by atoms with Crippen molar-refractivity contribution in [3.8, 4) is 0 Å². The van der Waals surface area contributed by atoms with Crippen molar-refractivity contribution in [2.75, 3.05) is 0 Å². The zero-order chi connectivity index (χ0) is 9.10. The number of aryl methyl sites for hydroxylation is 1. The van der Waals surface area contributed by atoms with Crippen molar-refractivity contribution in [3.63, 3.8) is 0 Å². The molecule has 2 aromatic rings. The average Bonchev–Trinajstić information content (AvgIpc) is 2.61. The maximum absolute atomic E-state index is 4.05. The van der Waals surface area contributed by atoms with Crippen LogP contribution in [0.3, 0.4) is 0 Å². The van der Waals surface area contributed by atoms with Crippen LogP contribution in [0.1, 0.15) is 25.3 Å². The molecule has 0 aliphatic rings. The van der Waals surface area contributed by atoms with E-state index in [1.165, 1.54) is 18.4 Å². The summed E-state index contributed by atoms with van der Waals surface area (Å²) in [5, 5.41) is 10.7. The molecular formula is C10H13N3Na. The molecule has 0 saturated heterocycles. The molecule has 3 nitrogen and oxygen atoms in total. The van der Waals surface area contributed by atoms with Crippen LogP contribution in [0.4, 0.5) is 0 Å². The van der Waals surface area contributed by atoms with E-state index >= 15 is 0 Å². The predicted octanol–water partition coefficient (Wildman–Crippen LogP) is 1.92.